The van der Waals surface area contributed by atoms with Crippen LogP contribution in [0.15, 0.2) is 6.33 Å². The molecule has 2 heterocycles. The van der Waals surface area contributed by atoms with Gasteiger partial charge in [-0.3, -0.25) is 0 Å². The van der Waals surface area contributed by atoms with Gasteiger partial charge in [0, 0.05) is 24.7 Å². The molecule has 1 aromatic rings. The number of H-pyrrole nitrogens is 1. The summed E-state index contributed by atoms with van der Waals surface area (Å²) < 4.78 is 0. The van der Waals surface area contributed by atoms with Crippen molar-refractivity contribution in [3.63, 3.8) is 0 Å². The van der Waals surface area contributed by atoms with E-state index in [0.717, 1.165) is 23.8 Å². The molecule has 0 fully saturated rings. The summed E-state index contributed by atoms with van der Waals surface area (Å²) in [5, 5.41) is 4.18. The van der Waals surface area contributed by atoms with Crippen molar-refractivity contribution in [2.75, 3.05) is 6.54 Å². The van der Waals surface area contributed by atoms with Crippen LogP contribution in [-0.4, -0.2) is 32.6 Å². The lowest BCUT2D eigenvalue weighted by Crippen LogP contribution is -2.48. The predicted octanol–water partition coefficient (Wildman–Crippen LogP) is 2.25. The van der Waals surface area contributed by atoms with Gasteiger partial charge in [0.25, 0.3) is 0 Å². The molecule has 0 bridgehead atoms. The van der Waals surface area contributed by atoms with Gasteiger partial charge in [0.15, 0.2) is 5.11 Å². The van der Waals surface area contributed by atoms with Gasteiger partial charge in [-0.05, 0) is 32.0 Å². The Bertz CT molecular complexity index is 424. The van der Waals surface area contributed by atoms with Crippen molar-refractivity contribution in [3.05, 3.63) is 17.7 Å². The Balaban J connectivity index is 2.24. The van der Waals surface area contributed by atoms with Crippen molar-refractivity contribution < 1.29 is 0 Å². The highest BCUT2D eigenvalue weighted by Gasteiger charge is 2.33. The first-order valence-electron chi connectivity index (χ1n) is 6.60. The molecule has 0 aromatic carbocycles. The van der Waals surface area contributed by atoms with E-state index < -0.39 is 0 Å². The van der Waals surface area contributed by atoms with E-state index in [0.29, 0.717) is 12.0 Å². The molecule has 0 spiro atoms. The zero-order valence-electron chi connectivity index (χ0n) is 11.5. The third-order valence-corrected chi connectivity index (χ3v) is 3.63. The SMILES string of the molecule is CC(C)NC(=S)N1CCc2[nH]cnc2C1C(C)C. The first-order chi connectivity index (χ1) is 8.50. The van der Waals surface area contributed by atoms with Crippen LogP contribution in [0.2, 0.25) is 0 Å². The molecule has 1 aliphatic heterocycles. The largest absolute Gasteiger partial charge is 0.360 e. The Labute approximate surface area is 114 Å². The Morgan fingerprint density at radius 1 is 1.50 bits per heavy atom. The zero-order valence-corrected chi connectivity index (χ0v) is 12.3. The van der Waals surface area contributed by atoms with Crippen LogP contribution in [0.5, 0.6) is 0 Å². The van der Waals surface area contributed by atoms with Crippen LogP contribution < -0.4 is 5.32 Å². The van der Waals surface area contributed by atoms with Gasteiger partial charge in [0.05, 0.1) is 18.1 Å². The van der Waals surface area contributed by atoms with E-state index in [1.54, 1.807) is 6.33 Å². The van der Waals surface area contributed by atoms with Crippen LogP contribution in [0.25, 0.3) is 0 Å². The molecular weight excluding hydrogens is 244 g/mol. The Morgan fingerprint density at radius 3 is 2.83 bits per heavy atom. The minimum atomic E-state index is 0.277. The predicted molar refractivity (Wildman–Crippen MR) is 77.4 cm³/mol. The molecule has 4 nitrogen and oxygen atoms in total. The maximum absolute atomic E-state index is 5.53. The second-order valence-electron chi connectivity index (χ2n) is 5.50. The molecule has 1 aromatic heterocycles. The smallest absolute Gasteiger partial charge is 0.169 e. The molecule has 0 saturated carbocycles. The number of rotatable bonds is 2. The molecule has 0 radical (unpaired) electrons. The summed E-state index contributed by atoms with van der Waals surface area (Å²) in [7, 11) is 0. The van der Waals surface area contributed by atoms with Gasteiger partial charge in [-0.1, -0.05) is 13.8 Å². The lowest BCUT2D eigenvalue weighted by molar-refractivity contribution is 0.228. The lowest BCUT2D eigenvalue weighted by atomic mass is 9.93. The zero-order chi connectivity index (χ0) is 13.3. The first kappa shape index (κ1) is 13.3. The van der Waals surface area contributed by atoms with Crippen molar-refractivity contribution in [3.8, 4) is 0 Å². The van der Waals surface area contributed by atoms with Crippen LogP contribution in [0.3, 0.4) is 0 Å². The lowest BCUT2D eigenvalue weighted by Gasteiger charge is -2.39. The van der Waals surface area contributed by atoms with E-state index in [-0.39, 0.29) is 6.04 Å². The van der Waals surface area contributed by atoms with Crippen molar-refractivity contribution in [1.29, 1.82) is 0 Å². The Morgan fingerprint density at radius 2 is 2.22 bits per heavy atom. The van der Waals surface area contributed by atoms with Crippen LogP contribution in [-0.2, 0) is 6.42 Å². The highest BCUT2D eigenvalue weighted by atomic mass is 32.1. The van der Waals surface area contributed by atoms with E-state index >= 15 is 0 Å². The summed E-state index contributed by atoms with van der Waals surface area (Å²) in [5.41, 5.74) is 2.42. The van der Waals surface area contributed by atoms with Crippen LogP contribution in [0, 0.1) is 5.92 Å². The standard InChI is InChI=1S/C13H22N4S/c1-8(2)12-11-10(14-7-15-11)5-6-17(12)13(18)16-9(3)4/h7-9,12H,5-6H2,1-4H3,(H,14,15)(H,16,18). The number of aromatic nitrogens is 2. The maximum Gasteiger partial charge on any atom is 0.169 e. The number of fused-ring (bicyclic) bond motifs is 1. The Kier molecular flexibility index (Phi) is 3.90. The molecule has 2 N–H and O–H groups in total. The van der Waals surface area contributed by atoms with Gasteiger partial charge in [-0.15, -0.1) is 0 Å². The molecule has 1 atom stereocenters. The summed E-state index contributed by atoms with van der Waals surface area (Å²) >= 11 is 5.53. The summed E-state index contributed by atoms with van der Waals surface area (Å²) in [5.74, 6) is 0.485. The maximum atomic E-state index is 5.53. The van der Waals surface area contributed by atoms with Crippen LogP contribution >= 0.6 is 12.2 Å². The van der Waals surface area contributed by atoms with Gasteiger partial charge in [-0.25, -0.2) is 4.98 Å². The number of aromatic amines is 1. The van der Waals surface area contributed by atoms with Gasteiger partial charge < -0.3 is 15.2 Å². The average Bonchev–Trinajstić information content (AvgIpc) is 2.73. The van der Waals surface area contributed by atoms with Crippen molar-refractivity contribution in [1.82, 2.24) is 20.2 Å². The van der Waals surface area contributed by atoms with Crippen molar-refractivity contribution in [2.24, 2.45) is 5.92 Å². The molecule has 0 aliphatic carbocycles. The van der Waals surface area contributed by atoms with E-state index in [9.17, 15) is 0 Å². The molecule has 100 valence electrons. The quantitative estimate of drug-likeness (QED) is 0.806. The second kappa shape index (κ2) is 5.26. The number of thiocarbonyl (C=S) groups is 1. The van der Waals surface area contributed by atoms with Gasteiger partial charge in [0.2, 0.25) is 0 Å². The third-order valence-electron chi connectivity index (χ3n) is 3.27. The van der Waals surface area contributed by atoms with Crippen molar-refractivity contribution in [2.45, 2.75) is 46.2 Å². The molecular formula is C13H22N4S. The molecule has 1 aliphatic rings. The molecule has 0 saturated heterocycles. The monoisotopic (exact) mass is 266 g/mol. The summed E-state index contributed by atoms with van der Waals surface area (Å²) in [4.78, 5) is 10.0. The van der Waals surface area contributed by atoms with Gasteiger partial charge in [0.1, 0.15) is 0 Å². The fourth-order valence-electron chi connectivity index (χ4n) is 2.54. The van der Waals surface area contributed by atoms with E-state index in [2.05, 4.69) is 47.9 Å². The molecule has 0 amide bonds. The molecule has 1 unspecified atom stereocenters. The first-order valence-corrected chi connectivity index (χ1v) is 7.00. The summed E-state index contributed by atoms with van der Waals surface area (Å²) in [6.07, 6.45) is 2.78. The van der Waals surface area contributed by atoms with E-state index in [1.165, 1.54) is 5.69 Å². The Hall–Kier alpha value is -1.10. The number of hydrogen-bond acceptors (Lipinski definition) is 2. The van der Waals surface area contributed by atoms with Crippen LogP contribution in [0.1, 0.15) is 45.1 Å². The number of nitrogens with one attached hydrogen (secondary N) is 2. The molecule has 18 heavy (non-hydrogen) atoms. The summed E-state index contributed by atoms with van der Waals surface area (Å²) in [6.45, 7) is 9.62. The van der Waals surface area contributed by atoms with E-state index in [1.807, 2.05) is 0 Å². The number of imidazole rings is 1. The highest BCUT2D eigenvalue weighted by Crippen LogP contribution is 2.33. The summed E-state index contributed by atoms with van der Waals surface area (Å²) in [6, 6.07) is 0.643. The van der Waals surface area contributed by atoms with E-state index in [4.69, 9.17) is 12.2 Å². The minimum Gasteiger partial charge on any atom is -0.360 e. The molecule has 5 heteroatoms. The highest BCUT2D eigenvalue weighted by molar-refractivity contribution is 7.80. The topological polar surface area (TPSA) is 44.0 Å². The van der Waals surface area contributed by atoms with Crippen molar-refractivity contribution >= 4 is 17.3 Å². The minimum absolute atomic E-state index is 0.277. The van der Waals surface area contributed by atoms with Gasteiger partial charge in [-0.2, -0.15) is 0 Å². The fraction of sp³-hybridized carbons (Fsp3) is 0.692. The fourth-order valence-corrected chi connectivity index (χ4v) is 2.98. The number of hydrogen-bond donors (Lipinski definition) is 2. The van der Waals surface area contributed by atoms with Crippen LogP contribution in [0.4, 0.5) is 0 Å². The average molecular weight is 266 g/mol. The number of nitrogens with zero attached hydrogens (tertiary/aromatic N) is 2. The normalized spacial score (nSPS) is 19.2. The third kappa shape index (κ3) is 2.51. The van der Waals surface area contributed by atoms with Gasteiger partial charge >= 0.3 is 0 Å². The second-order valence-corrected chi connectivity index (χ2v) is 5.89. The molecule has 2 rings (SSSR count).